The van der Waals surface area contributed by atoms with Gasteiger partial charge in [0.2, 0.25) is 0 Å². The molecule has 0 radical (unpaired) electrons. The molecular weight excluding hydrogens is 254 g/mol. The lowest BCUT2D eigenvalue weighted by atomic mass is 10.2. The predicted octanol–water partition coefficient (Wildman–Crippen LogP) is 0.747. The van der Waals surface area contributed by atoms with Gasteiger partial charge in [-0.1, -0.05) is 0 Å². The molecule has 3 N–H and O–H groups in total. The first kappa shape index (κ1) is 11.5. The summed E-state index contributed by atoms with van der Waals surface area (Å²) in [4.78, 5) is 14.3. The number of anilines is 1. The molecule has 1 aliphatic rings. The SMILES string of the molecule is Cc1nc(N2CCC(N)C2)c2c(nnc3[nH]ccc32)n1. The minimum absolute atomic E-state index is 0.205. The number of H-pyrrole nitrogens is 1. The van der Waals surface area contributed by atoms with E-state index in [1.165, 1.54) is 0 Å². The molecule has 0 spiro atoms. The fraction of sp³-hybridized carbons (Fsp3) is 0.385. The zero-order valence-electron chi connectivity index (χ0n) is 11.2. The first-order chi connectivity index (χ1) is 9.72. The molecule has 4 rings (SSSR count). The molecule has 0 saturated carbocycles. The Morgan fingerprint density at radius 1 is 1.35 bits per heavy atom. The summed E-state index contributed by atoms with van der Waals surface area (Å²) in [5.74, 6) is 1.62. The van der Waals surface area contributed by atoms with E-state index in [-0.39, 0.29) is 6.04 Å². The summed E-state index contributed by atoms with van der Waals surface area (Å²) < 4.78 is 0. The Kier molecular flexibility index (Phi) is 2.37. The van der Waals surface area contributed by atoms with Crippen LogP contribution in [0.25, 0.3) is 22.1 Å². The second-order valence-electron chi connectivity index (χ2n) is 5.23. The van der Waals surface area contributed by atoms with Crippen molar-refractivity contribution in [3.63, 3.8) is 0 Å². The van der Waals surface area contributed by atoms with E-state index in [4.69, 9.17) is 5.73 Å². The number of aromatic amines is 1. The molecule has 3 aromatic heterocycles. The third-order valence-electron chi connectivity index (χ3n) is 3.75. The van der Waals surface area contributed by atoms with Crippen molar-refractivity contribution in [2.75, 3.05) is 18.0 Å². The van der Waals surface area contributed by atoms with Gasteiger partial charge in [-0.25, -0.2) is 9.97 Å². The van der Waals surface area contributed by atoms with Crippen LogP contribution in [0.15, 0.2) is 12.3 Å². The van der Waals surface area contributed by atoms with E-state index in [1.807, 2.05) is 19.2 Å². The van der Waals surface area contributed by atoms with Gasteiger partial charge in [-0.15, -0.1) is 10.2 Å². The molecule has 1 atom stereocenters. The fourth-order valence-corrected chi connectivity index (χ4v) is 2.81. The van der Waals surface area contributed by atoms with Crippen molar-refractivity contribution in [3.05, 3.63) is 18.1 Å². The number of hydrogen-bond donors (Lipinski definition) is 2. The first-order valence-corrected chi connectivity index (χ1v) is 6.71. The van der Waals surface area contributed by atoms with Crippen molar-refractivity contribution in [2.45, 2.75) is 19.4 Å². The van der Waals surface area contributed by atoms with Gasteiger partial charge in [-0.05, 0) is 19.4 Å². The number of aromatic nitrogens is 5. The lowest BCUT2D eigenvalue weighted by Gasteiger charge is -2.19. The largest absolute Gasteiger partial charge is 0.354 e. The molecule has 1 fully saturated rings. The molecule has 7 nitrogen and oxygen atoms in total. The Balaban J connectivity index is 2.04. The molecule has 7 heteroatoms. The van der Waals surface area contributed by atoms with E-state index in [0.717, 1.165) is 41.7 Å². The molecule has 0 aromatic carbocycles. The molecule has 1 aliphatic heterocycles. The van der Waals surface area contributed by atoms with Gasteiger partial charge in [0, 0.05) is 30.7 Å². The molecule has 20 heavy (non-hydrogen) atoms. The highest BCUT2D eigenvalue weighted by Crippen LogP contribution is 2.30. The second-order valence-corrected chi connectivity index (χ2v) is 5.23. The van der Waals surface area contributed by atoms with Crippen LogP contribution in [0.4, 0.5) is 5.82 Å². The van der Waals surface area contributed by atoms with E-state index in [0.29, 0.717) is 11.5 Å². The Morgan fingerprint density at radius 3 is 3.05 bits per heavy atom. The average Bonchev–Trinajstić information content (AvgIpc) is 3.05. The fourth-order valence-electron chi connectivity index (χ4n) is 2.81. The molecule has 0 aliphatic carbocycles. The highest BCUT2D eigenvalue weighted by molar-refractivity contribution is 6.07. The van der Waals surface area contributed by atoms with Gasteiger partial charge >= 0.3 is 0 Å². The molecule has 102 valence electrons. The van der Waals surface area contributed by atoms with Crippen LogP contribution in [0.3, 0.4) is 0 Å². The number of fused-ring (bicyclic) bond motifs is 3. The van der Waals surface area contributed by atoms with Crippen LogP contribution >= 0.6 is 0 Å². The molecule has 0 amide bonds. The van der Waals surface area contributed by atoms with Crippen molar-refractivity contribution in [2.24, 2.45) is 5.73 Å². The summed E-state index contributed by atoms with van der Waals surface area (Å²) in [5, 5.41) is 10.3. The summed E-state index contributed by atoms with van der Waals surface area (Å²) in [7, 11) is 0. The summed E-state index contributed by atoms with van der Waals surface area (Å²) in [6.07, 6.45) is 2.84. The smallest absolute Gasteiger partial charge is 0.188 e. The zero-order valence-corrected chi connectivity index (χ0v) is 11.2. The van der Waals surface area contributed by atoms with E-state index in [9.17, 15) is 0 Å². The first-order valence-electron chi connectivity index (χ1n) is 6.71. The monoisotopic (exact) mass is 269 g/mol. The third kappa shape index (κ3) is 1.63. The quantitative estimate of drug-likeness (QED) is 0.676. The Morgan fingerprint density at radius 2 is 2.25 bits per heavy atom. The van der Waals surface area contributed by atoms with Crippen LogP contribution in [0.5, 0.6) is 0 Å². The number of nitrogens with zero attached hydrogens (tertiary/aromatic N) is 5. The number of aryl methyl sites for hydroxylation is 1. The Labute approximate surface area is 115 Å². The van der Waals surface area contributed by atoms with Crippen molar-refractivity contribution < 1.29 is 0 Å². The molecule has 0 bridgehead atoms. The normalized spacial score (nSPS) is 19.3. The minimum atomic E-state index is 0.205. The number of rotatable bonds is 1. The second kappa shape index (κ2) is 4.11. The third-order valence-corrected chi connectivity index (χ3v) is 3.75. The summed E-state index contributed by atoms with van der Waals surface area (Å²) in [6, 6.07) is 2.20. The number of nitrogens with two attached hydrogens (primary N) is 1. The molecule has 1 unspecified atom stereocenters. The highest BCUT2D eigenvalue weighted by Gasteiger charge is 2.24. The van der Waals surface area contributed by atoms with Gasteiger partial charge in [0.15, 0.2) is 11.3 Å². The topological polar surface area (TPSA) is 96.6 Å². The summed E-state index contributed by atoms with van der Waals surface area (Å²) in [6.45, 7) is 3.61. The van der Waals surface area contributed by atoms with Crippen LogP contribution in [0, 0.1) is 6.92 Å². The van der Waals surface area contributed by atoms with Crippen LogP contribution in [-0.2, 0) is 0 Å². The number of hydrogen-bond acceptors (Lipinski definition) is 6. The van der Waals surface area contributed by atoms with Gasteiger partial charge in [0.1, 0.15) is 11.6 Å². The maximum absolute atomic E-state index is 6.02. The maximum Gasteiger partial charge on any atom is 0.188 e. The van der Waals surface area contributed by atoms with Gasteiger partial charge in [-0.2, -0.15) is 0 Å². The Bertz CT molecular complexity index is 794. The lowest BCUT2D eigenvalue weighted by molar-refractivity contribution is 0.751. The van der Waals surface area contributed by atoms with E-state index >= 15 is 0 Å². The van der Waals surface area contributed by atoms with Gasteiger partial charge in [0.25, 0.3) is 0 Å². The van der Waals surface area contributed by atoms with Crippen LogP contribution in [0.1, 0.15) is 12.2 Å². The molecule has 1 saturated heterocycles. The molecule has 3 aromatic rings. The maximum atomic E-state index is 6.02. The minimum Gasteiger partial charge on any atom is -0.354 e. The van der Waals surface area contributed by atoms with Crippen LogP contribution in [-0.4, -0.2) is 44.3 Å². The summed E-state index contributed by atoms with van der Waals surface area (Å²) >= 11 is 0. The Hall–Kier alpha value is -2.28. The van der Waals surface area contributed by atoms with E-state index in [2.05, 4.69) is 30.0 Å². The van der Waals surface area contributed by atoms with Crippen molar-refractivity contribution >= 4 is 27.9 Å². The van der Waals surface area contributed by atoms with Crippen molar-refractivity contribution in [1.82, 2.24) is 25.1 Å². The van der Waals surface area contributed by atoms with Crippen LogP contribution in [0.2, 0.25) is 0 Å². The van der Waals surface area contributed by atoms with E-state index < -0.39 is 0 Å². The molecular formula is C13H15N7. The van der Waals surface area contributed by atoms with Gasteiger partial charge in [0.05, 0.1) is 5.39 Å². The highest BCUT2D eigenvalue weighted by atomic mass is 15.2. The van der Waals surface area contributed by atoms with Crippen molar-refractivity contribution in [3.8, 4) is 0 Å². The van der Waals surface area contributed by atoms with Crippen molar-refractivity contribution in [1.29, 1.82) is 0 Å². The standard InChI is InChI=1S/C13H15N7/c1-7-16-12-10(9-2-4-15-11(9)18-19-12)13(17-7)20-5-3-8(14)6-20/h2,4,8H,3,5-6,14H2,1H3,(H,15,18). The van der Waals surface area contributed by atoms with Crippen LogP contribution < -0.4 is 10.6 Å². The average molecular weight is 269 g/mol. The zero-order chi connectivity index (χ0) is 13.7. The summed E-state index contributed by atoms with van der Waals surface area (Å²) in [5.41, 5.74) is 7.42. The van der Waals surface area contributed by atoms with E-state index in [1.54, 1.807) is 0 Å². The number of nitrogens with one attached hydrogen (secondary N) is 1. The van der Waals surface area contributed by atoms with Gasteiger partial charge < -0.3 is 15.6 Å². The predicted molar refractivity (Wildman–Crippen MR) is 76.5 cm³/mol. The molecule has 4 heterocycles. The lowest BCUT2D eigenvalue weighted by Crippen LogP contribution is -2.27. The van der Waals surface area contributed by atoms with Gasteiger partial charge in [-0.3, -0.25) is 0 Å².